The third kappa shape index (κ3) is 3.87. The van der Waals surface area contributed by atoms with Gasteiger partial charge < -0.3 is 5.43 Å². The zero-order valence-electron chi connectivity index (χ0n) is 10.9. The Morgan fingerprint density at radius 3 is 2.58 bits per heavy atom. The van der Waals surface area contributed by atoms with Crippen molar-refractivity contribution >= 4 is 15.8 Å². The van der Waals surface area contributed by atoms with Gasteiger partial charge in [0.15, 0.2) is 0 Å². The Labute approximate surface area is 113 Å². The molecule has 7 nitrogen and oxygen atoms in total. The van der Waals surface area contributed by atoms with Crippen LogP contribution in [0.1, 0.15) is 5.69 Å². The van der Waals surface area contributed by atoms with Crippen LogP contribution in [0.2, 0.25) is 0 Å². The Balaban J connectivity index is 1.92. The molecule has 2 heterocycles. The summed E-state index contributed by atoms with van der Waals surface area (Å²) >= 11 is 0. The lowest BCUT2D eigenvalue weighted by Crippen LogP contribution is -2.47. The number of hydrogen-bond donors (Lipinski definition) is 2. The van der Waals surface area contributed by atoms with Crippen LogP contribution < -0.4 is 11.3 Å². The van der Waals surface area contributed by atoms with Crippen molar-refractivity contribution in [2.45, 2.75) is 6.54 Å². The lowest BCUT2D eigenvalue weighted by atomic mass is 10.3. The number of sulfonamides is 1. The van der Waals surface area contributed by atoms with Crippen LogP contribution >= 0.6 is 0 Å². The minimum Gasteiger partial charge on any atom is -0.308 e. The molecular formula is C11H19N5O2S. The maximum absolute atomic E-state index is 11.4. The number of nitrogens with one attached hydrogen (secondary N) is 1. The third-order valence-corrected chi connectivity index (χ3v) is 4.44. The molecule has 3 N–H and O–H groups in total. The molecule has 0 atom stereocenters. The van der Waals surface area contributed by atoms with Gasteiger partial charge >= 0.3 is 0 Å². The number of piperazine rings is 1. The second-order valence-corrected chi connectivity index (χ2v) is 6.58. The van der Waals surface area contributed by atoms with Gasteiger partial charge in [0.05, 0.1) is 11.9 Å². The monoisotopic (exact) mass is 285 g/mol. The quantitative estimate of drug-likeness (QED) is 0.569. The molecule has 8 heteroatoms. The number of nitrogens with two attached hydrogens (primary N) is 1. The van der Waals surface area contributed by atoms with E-state index in [1.807, 2.05) is 12.1 Å². The number of pyridine rings is 1. The first-order valence-electron chi connectivity index (χ1n) is 6.09. The van der Waals surface area contributed by atoms with Gasteiger partial charge in [-0.3, -0.25) is 4.90 Å². The van der Waals surface area contributed by atoms with Gasteiger partial charge in [-0.15, -0.1) is 0 Å². The van der Waals surface area contributed by atoms with E-state index >= 15 is 0 Å². The highest BCUT2D eigenvalue weighted by molar-refractivity contribution is 7.88. The molecule has 1 aliphatic rings. The molecule has 0 aromatic carbocycles. The van der Waals surface area contributed by atoms with Crippen LogP contribution in [0.15, 0.2) is 18.2 Å². The molecule has 0 bridgehead atoms. The number of hydrogen-bond acceptors (Lipinski definition) is 6. The molecule has 1 aromatic heterocycles. The minimum absolute atomic E-state index is 0.535. The van der Waals surface area contributed by atoms with E-state index in [0.29, 0.717) is 25.5 Å². The third-order valence-electron chi connectivity index (χ3n) is 3.14. The van der Waals surface area contributed by atoms with Gasteiger partial charge in [-0.25, -0.2) is 19.2 Å². The van der Waals surface area contributed by atoms with Crippen LogP contribution in [0, 0.1) is 0 Å². The summed E-state index contributed by atoms with van der Waals surface area (Å²) in [7, 11) is -3.07. The molecule has 0 radical (unpaired) electrons. The summed E-state index contributed by atoms with van der Waals surface area (Å²) in [6.07, 6.45) is 1.25. The van der Waals surface area contributed by atoms with Gasteiger partial charge in [0, 0.05) is 32.7 Å². The van der Waals surface area contributed by atoms with Gasteiger partial charge in [-0.2, -0.15) is 4.31 Å². The number of aromatic nitrogens is 1. The Kier molecular flexibility index (Phi) is 4.35. The lowest BCUT2D eigenvalue weighted by Gasteiger charge is -2.32. The van der Waals surface area contributed by atoms with Crippen LogP contribution in [0.3, 0.4) is 0 Å². The van der Waals surface area contributed by atoms with E-state index in [9.17, 15) is 8.42 Å². The Morgan fingerprint density at radius 1 is 1.32 bits per heavy atom. The molecular weight excluding hydrogens is 266 g/mol. The smallest absolute Gasteiger partial charge is 0.211 e. The summed E-state index contributed by atoms with van der Waals surface area (Å²) in [5.41, 5.74) is 3.43. The fraction of sp³-hybridized carbons (Fsp3) is 0.545. The van der Waals surface area contributed by atoms with E-state index in [-0.39, 0.29) is 0 Å². The second-order valence-electron chi connectivity index (χ2n) is 4.60. The first kappa shape index (κ1) is 14.2. The zero-order valence-corrected chi connectivity index (χ0v) is 11.7. The van der Waals surface area contributed by atoms with Crippen molar-refractivity contribution in [2.24, 2.45) is 5.84 Å². The van der Waals surface area contributed by atoms with Crippen molar-refractivity contribution < 1.29 is 8.42 Å². The SMILES string of the molecule is CS(=O)(=O)N1CCN(Cc2cccc(NN)n2)CC1. The first-order chi connectivity index (χ1) is 8.99. The van der Waals surface area contributed by atoms with Crippen molar-refractivity contribution in [1.82, 2.24) is 14.2 Å². The van der Waals surface area contributed by atoms with E-state index in [4.69, 9.17) is 5.84 Å². The van der Waals surface area contributed by atoms with Crippen molar-refractivity contribution in [1.29, 1.82) is 0 Å². The molecule has 0 spiro atoms. The van der Waals surface area contributed by atoms with E-state index in [1.165, 1.54) is 10.6 Å². The van der Waals surface area contributed by atoms with E-state index in [0.717, 1.165) is 18.8 Å². The number of nitrogen functional groups attached to an aromatic ring is 1. The fourth-order valence-corrected chi connectivity index (χ4v) is 2.92. The highest BCUT2D eigenvalue weighted by Gasteiger charge is 2.23. The maximum atomic E-state index is 11.4. The molecule has 0 unspecified atom stereocenters. The Morgan fingerprint density at radius 2 is 2.00 bits per heavy atom. The molecule has 1 aromatic rings. The average molecular weight is 285 g/mol. The second kappa shape index (κ2) is 5.83. The number of nitrogens with zero attached hydrogens (tertiary/aromatic N) is 3. The molecule has 0 amide bonds. The van der Waals surface area contributed by atoms with Crippen LogP contribution in [0.5, 0.6) is 0 Å². The van der Waals surface area contributed by atoms with Crippen molar-refractivity contribution in [3.8, 4) is 0 Å². The molecule has 1 saturated heterocycles. The number of anilines is 1. The first-order valence-corrected chi connectivity index (χ1v) is 7.94. The topological polar surface area (TPSA) is 91.6 Å². The molecule has 106 valence electrons. The minimum atomic E-state index is -3.07. The molecule has 1 fully saturated rings. The maximum Gasteiger partial charge on any atom is 0.211 e. The van der Waals surface area contributed by atoms with Crippen LogP contribution in [-0.2, 0) is 16.6 Å². The van der Waals surface area contributed by atoms with Gasteiger partial charge in [-0.05, 0) is 12.1 Å². The fourth-order valence-electron chi connectivity index (χ4n) is 2.10. The normalized spacial score (nSPS) is 18.4. The van der Waals surface area contributed by atoms with Crippen LogP contribution in [0.4, 0.5) is 5.82 Å². The lowest BCUT2D eigenvalue weighted by molar-refractivity contribution is 0.180. The largest absolute Gasteiger partial charge is 0.308 e. The van der Waals surface area contributed by atoms with Gasteiger partial charge in [-0.1, -0.05) is 6.07 Å². The molecule has 0 saturated carbocycles. The summed E-state index contributed by atoms with van der Waals surface area (Å²) in [5.74, 6) is 5.95. The molecule has 0 aliphatic carbocycles. The van der Waals surface area contributed by atoms with E-state index < -0.39 is 10.0 Å². The highest BCUT2D eigenvalue weighted by atomic mass is 32.2. The summed E-state index contributed by atoms with van der Waals surface area (Å²) < 4.78 is 24.3. The summed E-state index contributed by atoms with van der Waals surface area (Å²) in [6, 6.07) is 5.62. The molecule has 1 aliphatic heterocycles. The Bertz CT molecular complexity index is 526. The van der Waals surface area contributed by atoms with Crippen LogP contribution in [-0.4, -0.2) is 55.0 Å². The number of rotatable bonds is 4. The standard InChI is InChI=1S/C11H19N5O2S/c1-19(17,18)16-7-5-15(6-8-16)9-10-3-2-4-11(13-10)14-12/h2-4H,5-9,12H2,1H3,(H,13,14). The predicted molar refractivity (Wildman–Crippen MR) is 73.7 cm³/mol. The van der Waals surface area contributed by atoms with Gasteiger partial charge in [0.1, 0.15) is 5.82 Å². The predicted octanol–water partition coefficient (Wildman–Crippen LogP) is -0.556. The summed E-state index contributed by atoms with van der Waals surface area (Å²) in [6.45, 7) is 3.21. The van der Waals surface area contributed by atoms with Gasteiger partial charge in [0.25, 0.3) is 0 Å². The zero-order chi connectivity index (χ0) is 13.9. The van der Waals surface area contributed by atoms with Crippen molar-refractivity contribution in [2.75, 3.05) is 37.9 Å². The van der Waals surface area contributed by atoms with Crippen LogP contribution in [0.25, 0.3) is 0 Å². The highest BCUT2D eigenvalue weighted by Crippen LogP contribution is 2.10. The summed E-state index contributed by atoms with van der Waals surface area (Å²) in [5, 5.41) is 0. The molecule has 2 rings (SSSR count). The van der Waals surface area contributed by atoms with E-state index in [2.05, 4.69) is 15.3 Å². The van der Waals surface area contributed by atoms with Crippen molar-refractivity contribution in [3.63, 3.8) is 0 Å². The summed E-state index contributed by atoms with van der Waals surface area (Å²) in [4.78, 5) is 6.53. The average Bonchev–Trinajstić information content (AvgIpc) is 2.38. The van der Waals surface area contributed by atoms with E-state index in [1.54, 1.807) is 6.07 Å². The van der Waals surface area contributed by atoms with Gasteiger partial charge in [0.2, 0.25) is 10.0 Å². The molecule has 19 heavy (non-hydrogen) atoms. The Hall–Kier alpha value is -1.22. The van der Waals surface area contributed by atoms with Crippen molar-refractivity contribution in [3.05, 3.63) is 23.9 Å². The number of hydrazine groups is 1.